The number of carbonyl (C=O) groups is 1. The van der Waals surface area contributed by atoms with Crippen LogP contribution in [0.2, 0.25) is 0 Å². The predicted octanol–water partition coefficient (Wildman–Crippen LogP) is 3.62. The number of aryl methyl sites for hydroxylation is 2. The first-order valence-electron chi connectivity index (χ1n) is 9.35. The minimum absolute atomic E-state index is 0.0858. The summed E-state index contributed by atoms with van der Waals surface area (Å²) in [6.45, 7) is 4.88. The molecule has 0 bridgehead atoms. The molecule has 7 nitrogen and oxygen atoms in total. The van der Waals surface area contributed by atoms with Crippen molar-refractivity contribution in [2.75, 3.05) is 25.1 Å². The van der Waals surface area contributed by atoms with Crippen LogP contribution in [0.15, 0.2) is 36.4 Å². The molecular formula is C21H25N3O4. The van der Waals surface area contributed by atoms with Crippen molar-refractivity contribution in [2.24, 2.45) is 0 Å². The Balaban J connectivity index is 1.66. The summed E-state index contributed by atoms with van der Waals surface area (Å²) in [5, 5.41) is 14.4. The summed E-state index contributed by atoms with van der Waals surface area (Å²) in [5.41, 5.74) is 2.93. The number of nitro groups is 1. The van der Waals surface area contributed by atoms with Crippen LogP contribution in [0.25, 0.3) is 0 Å². The van der Waals surface area contributed by atoms with Crippen molar-refractivity contribution in [3.8, 4) is 5.75 Å². The van der Waals surface area contributed by atoms with E-state index >= 15 is 0 Å². The minimum Gasteiger partial charge on any atom is -0.492 e. The summed E-state index contributed by atoms with van der Waals surface area (Å²) in [6, 6.07) is 10.8. The second-order valence-corrected chi connectivity index (χ2v) is 7.30. The van der Waals surface area contributed by atoms with E-state index in [0.29, 0.717) is 24.4 Å². The van der Waals surface area contributed by atoms with Gasteiger partial charge in [-0.2, -0.15) is 0 Å². The fourth-order valence-corrected chi connectivity index (χ4v) is 3.07. The maximum atomic E-state index is 12.2. The van der Waals surface area contributed by atoms with Gasteiger partial charge in [0.25, 0.3) is 11.6 Å². The van der Waals surface area contributed by atoms with Gasteiger partial charge in [-0.1, -0.05) is 6.07 Å². The van der Waals surface area contributed by atoms with Crippen LogP contribution in [0.1, 0.15) is 34.3 Å². The molecule has 1 fully saturated rings. The number of nitrogens with one attached hydrogen (secondary N) is 1. The summed E-state index contributed by atoms with van der Waals surface area (Å²) in [5.74, 6) is 0.519. The third-order valence-corrected chi connectivity index (χ3v) is 4.65. The number of rotatable bonds is 8. The molecule has 1 aliphatic rings. The standard InChI is InChI=1S/C21H25N3O4/c1-14-10-15(2)12-18(11-14)28-9-8-23(3)19-7-4-16(13-20(19)24(26)27)21(25)22-17-5-6-17/h4,7,10-13,17H,5-6,8-9H2,1-3H3,(H,22,25). The molecule has 7 heteroatoms. The van der Waals surface area contributed by atoms with E-state index < -0.39 is 4.92 Å². The fraction of sp³-hybridized carbons (Fsp3) is 0.381. The second kappa shape index (κ2) is 8.29. The van der Waals surface area contributed by atoms with E-state index in [1.807, 2.05) is 26.0 Å². The first-order chi connectivity index (χ1) is 13.3. The molecule has 1 amide bonds. The van der Waals surface area contributed by atoms with Crippen LogP contribution >= 0.6 is 0 Å². The second-order valence-electron chi connectivity index (χ2n) is 7.30. The highest BCUT2D eigenvalue weighted by atomic mass is 16.6. The van der Waals surface area contributed by atoms with Gasteiger partial charge >= 0.3 is 0 Å². The molecule has 148 valence electrons. The molecule has 0 unspecified atom stereocenters. The molecule has 1 saturated carbocycles. The molecule has 1 aliphatic carbocycles. The molecule has 3 rings (SSSR count). The summed E-state index contributed by atoms with van der Waals surface area (Å²) < 4.78 is 5.80. The molecule has 0 heterocycles. The molecule has 0 radical (unpaired) electrons. The van der Waals surface area contributed by atoms with Gasteiger partial charge in [0, 0.05) is 24.7 Å². The molecule has 0 aromatic heterocycles. The number of ether oxygens (including phenoxy) is 1. The molecule has 2 aromatic carbocycles. The third kappa shape index (κ3) is 5.00. The highest BCUT2D eigenvalue weighted by Crippen LogP contribution is 2.29. The molecule has 28 heavy (non-hydrogen) atoms. The Kier molecular flexibility index (Phi) is 5.82. The normalized spacial score (nSPS) is 13.1. The van der Waals surface area contributed by atoms with Gasteiger partial charge in [0.15, 0.2) is 0 Å². The van der Waals surface area contributed by atoms with Crippen molar-refractivity contribution in [3.05, 3.63) is 63.2 Å². The summed E-state index contributed by atoms with van der Waals surface area (Å²) >= 11 is 0. The Bertz CT molecular complexity index is 873. The lowest BCUT2D eigenvalue weighted by Gasteiger charge is -2.20. The third-order valence-electron chi connectivity index (χ3n) is 4.65. The maximum Gasteiger partial charge on any atom is 0.293 e. The van der Waals surface area contributed by atoms with Gasteiger partial charge in [0.05, 0.1) is 11.5 Å². The van der Waals surface area contributed by atoms with Crippen molar-refractivity contribution in [1.29, 1.82) is 0 Å². The Morgan fingerprint density at radius 1 is 1.21 bits per heavy atom. The van der Waals surface area contributed by atoms with Crippen molar-refractivity contribution < 1.29 is 14.5 Å². The van der Waals surface area contributed by atoms with E-state index in [4.69, 9.17) is 4.74 Å². The first-order valence-corrected chi connectivity index (χ1v) is 9.35. The lowest BCUT2D eigenvalue weighted by molar-refractivity contribution is -0.384. The zero-order valence-electron chi connectivity index (χ0n) is 16.4. The maximum absolute atomic E-state index is 12.2. The van der Waals surface area contributed by atoms with Gasteiger partial charge in [-0.25, -0.2) is 0 Å². The monoisotopic (exact) mass is 383 g/mol. The molecule has 0 saturated heterocycles. The molecular weight excluding hydrogens is 358 g/mol. The highest BCUT2D eigenvalue weighted by molar-refractivity contribution is 5.96. The van der Waals surface area contributed by atoms with Gasteiger partial charge in [0.2, 0.25) is 0 Å². The van der Waals surface area contributed by atoms with Crippen LogP contribution in [0.5, 0.6) is 5.75 Å². The van der Waals surface area contributed by atoms with Crippen molar-refractivity contribution >= 4 is 17.3 Å². The van der Waals surface area contributed by atoms with E-state index in [9.17, 15) is 14.9 Å². The number of anilines is 1. The summed E-state index contributed by atoms with van der Waals surface area (Å²) in [7, 11) is 1.77. The Morgan fingerprint density at radius 2 is 1.89 bits per heavy atom. The lowest BCUT2D eigenvalue weighted by atomic mass is 10.1. The SMILES string of the molecule is Cc1cc(C)cc(OCCN(C)c2ccc(C(=O)NC3CC3)cc2[N+](=O)[O-])c1. The van der Waals surface area contributed by atoms with Crippen LogP contribution in [-0.2, 0) is 0 Å². The van der Waals surface area contributed by atoms with E-state index in [-0.39, 0.29) is 17.6 Å². The largest absolute Gasteiger partial charge is 0.492 e. The fourth-order valence-electron chi connectivity index (χ4n) is 3.07. The first kappa shape index (κ1) is 19.7. The smallest absolute Gasteiger partial charge is 0.293 e. The summed E-state index contributed by atoms with van der Waals surface area (Å²) in [4.78, 5) is 25.0. The predicted molar refractivity (Wildman–Crippen MR) is 108 cm³/mol. The van der Waals surface area contributed by atoms with Crippen LogP contribution in [0, 0.1) is 24.0 Å². The molecule has 1 N–H and O–H groups in total. The van der Waals surface area contributed by atoms with Crippen molar-refractivity contribution in [3.63, 3.8) is 0 Å². The number of amides is 1. The van der Waals surface area contributed by atoms with Crippen molar-refractivity contribution in [2.45, 2.75) is 32.7 Å². The van der Waals surface area contributed by atoms with E-state index in [2.05, 4.69) is 11.4 Å². The number of hydrogen-bond donors (Lipinski definition) is 1. The number of carbonyl (C=O) groups excluding carboxylic acids is 1. The van der Waals surface area contributed by atoms with Gasteiger partial charge < -0.3 is 15.0 Å². The average Bonchev–Trinajstić information content (AvgIpc) is 3.44. The Labute approximate surface area is 164 Å². The average molecular weight is 383 g/mol. The zero-order valence-corrected chi connectivity index (χ0v) is 16.4. The quantitative estimate of drug-likeness (QED) is 0.556. The van der Waals surface area contributed by atoms with Gasteiger partial charge in [-0.05, 0) is 62.1 Å². The van der Waals surface area contributed by atoms with Crippen molar-refractivity contribution in [1.82, 2.24) is 5.32 Å². The Morgan fingerprint density at radius 3 is 2.50 bits per heavy atom. The van der Waals surface area contributed by atoms with Gasteiger partial charge in [-0.15, -0.1) is 0 Å². The minimum atomic E-state index is -0.454. The summed E-state index contributed by atoms with van der Waals surface area (Å²) in [6.07, 6.45) is 1.93. The highest BCUT2D eigenvalue weighted by Gasteiger charge is 2.25. The van der Waals surface area contributed by atoms with E-state index in [1.165, 1.54) is 6.07 Å². The number of nitro benzene ring substituents is 1. The number of hydrogen-bond acceptors (Lipinski definition) is 5. The van der Waals surface area contributed by atoms with Gasteiger partial charge in [-0.3, -0.25) is 14.9 Å². The number of likely N-dealkylation sites (N-methyl/N-ethyl adjacent to an activating group) is 1. The zero-order chi connectivity index (χ0) is 20.3. The van der Waals surface area contributed by atoms with Crippen LogP contribution in [0.4, 0.5) is 11.4 Å². The van der Waals surface area contributed by atoms with E-state index in [1.54, 1.807) is 24.1 Å². The number of benzene rings is 2. The topological polar surface area (TPSA) is 84.7 Å². The lowest BCUT2D eigenvalue weighted by Crippen LogP contribution is -2.26. The van der Waals surface area contributed by atoms with Crippen LogP contribution in [0.3, 0.4) is 0 Å². The van der Waals surface area contributed by atoms with Crippen LogP contribution < -0.4 is 15.0 Å². The molecule has 2 aromatic rings. The van der Waals surface area contributed by atoms with Gasteiger partial charge in [0.1, 0.15) is 18.0 Å². The van der Waals surface area contributed by atoms with E-state index in [0.717, 1.165) is 29.7 Å². The molecule has 0 aliphatic heterocycles. The number of nitrogens with zero attached hydrogens (tertiary/aromatic N) is 2. The molecule has 0 atom stereocenters. The molecule has 0 spiro atoms. The van der Waals surface area contributed by atoms with Crippen LogP contribution in [-0.4, -0.2) is 37.1 Å². The Hall–Kier alpha value is -3.09.